The van der Waals surface area contributed by atoms with Crippen molar-refractivity contribution in [3.05, 3.63) is 0 Å². The molecule has 0 aliphatic carbocycles. The van der Waals surface area contributed by atoms with Crippen molar-refractivity contribution in [2.24, 2.45) is 0 Å². The van der Waals surface area contributed by atoms with E-state index >= 15 is 0 Å². The van der Waals surface area contributed by atoms with Crippen molar-refractivity contribution in [3.63, 3.8) is 0 Å². The Labute approximate surface area is 47.8 Å². The van der Waals surface area contributed by atoms with Crippen molar-refractivity contribution >= 4 is 17.4 Å². The Balaban J connectivity index is 0. The third-order valence-electron chi connectivity index (χ3n) is 0. The zero-order chi connectivity index (χ0) is 0. The monoisotopic (exact) mass is 121 g/mol. The predicted molar refractivity (Wildman–Crippen MR) is 21.7 cm³/mol. The van der Waals surface area contributed by atoms with E-state index in [1.165, 1.54) is 0 Å². The van der Waals surface area contributed by atoms with Gasteiger partial charge in [0.1, 0.15) is 0 Å². The topological polar surface area (TPSA) is 35.0 Å². The van der Waals surface area contributed by atoms with Crippen molar-refractivity contribution < 1.29 is 16.5 Å². The summed E-state index contributed by atoms with van der Waals surface area (Å²) >= 11 is 0. The normalized spacial score (nSPS) is 0. The van der Waals surface area contributed by atoms with E-state index in [-0.39, 0.29) is 47.4 Å². The Bertz CT molecular complexity index is 8.00. The summed E-state index contributed by atoms with van der Waals surface area (Å²) in [5.74, 6) is 0. The van der Waals surface area contributed by atoms with Gasteiger partial charge in [0, 0.05) is 16.5 Å². The summed E-state index contributed by atoms with van der Waals surface area (Å²) in [4.78, 5) is 0. The Kier molecular flexibility index (Phi) is 745. The van der Waals surface area contributed by atoms with E-state index < -0.39 is 0 Å². The van der Waals surface area contributed by atoms with Gasteiger partial charge in [0.2, 0.25) is 0 Å². The van der Waals surface area contributed by atoms with E-state index in [9.17, 15) is 0 Å². The number of hydrogen-bond donors (Lipinski definition) is 1. The van der Waals surface area contributed by atoms with Crippen LogP contribution in [0.1, 0.15) is 7.43 Å². The predicted octanol–water partition coefficient (Wildman–Crippen LogP) is -0.388. The first kappa shape index (κ1) is 81.5. The molecule has 32 valence electrons. The molecule has 0 spiro atoms. The zero-order valence-electron chi connectivity index (χ0n) is 1.02. The second-order valence-corrected chi connectivity index (χ2v) is 0. The molecule has 4 heavy (non-hydrogen) atoms. The molecule has 3 heteroatoms. The maximum atomic E-state index is 0. The van der Waals surface area contributed by atoms with Gasteiger partial charge in [0.25, 0.3) is 0 Å². The minimum atomic E-state index is 0. The summed E-state index contributed by atoms with van der Waals surface area (Å²) in [6.07, 6.45) is 0. The Hall–Kier alpha value is 0.986. The largest absolute Gasteiger partial charge is 0.344 e. The molecule has 0 saturated carbocycles. The summed E-state index contributed by atoms with van der Waals surface area (Å²) in [5, 5.41) is 0. The molecular weight excluding hydrogens is 112 g/mol. The second-order valence-electron chi connectivity index (χ2n) is 0. The van der Waals surface area contributed by atoms with Gasteiger partial charge >= 0.3 is 0 Å². The van der Waals surface area contributed by atoms with Gasteiger partial charge in [-0.2, -0.15) is 0 Å². The van der Waals surface area contributed by atoms with E-state index in [4.69, 9.17) is 0 Å². The quantitative estimate of drug-likeness (QED) is 0.436. The molecule has 0 saturated heterocycles. The fraction of sp³-hybridized carbons (Fsp3) is 1.00. The molecule has 0 aromatic rings. The smallest absolute Gasteiger partial charge is 0.187 e. The molecule has 0 aliphatic heterocycles. The average Bonchev–Trinajstić information content (AvgIpc) is 0. The van der Waals surface area contributed by atoms with Crippen LogP contribution in [0.3, 0.4) is 0 Å². The van der Waals surface area contributed by atoms with E-state index in [1.807, 2.05) is 0 Å². The third-order valence-corrected chi connectivity index (χ3v) is 0. The Morgan fingerprint density at radius 1 is 1.00 bits per heavy atom. The van der Waals surface area contributed by atoms with Crippen molar-refractivity contribution in [1.29, 1.82) is 0 Å². The molecule has 0 amide bonds. The second kappa shape index (κ2) is 36.6. The van der Waals surface area contributed by atoms with E-state index in [1.54, 1.807) is 0 Å². The fourth-order valence-electron chi connectivity index (χ4n) is 0. The van der Waals surface area contributed by atoms with Crippen LogP contribution < -0.4 is 6.15 Å². The first-order chi connectivity index (χ1) is 0. The van der Waals surface area contributed by atoms with Gasteiger partial charge in [-0.3, -0.25) is 0 Å². The van der Waals surface area contributed by atoms with Crippen LogP contribution in [-0.2, 0) is 16.5 Å². The molecular formula is CH10AlNNi. The van der Waals surface area contributed by atoms with E-state index in [0.717, 1.165) is 0 Å². The summed E-state index contributed by atoms with van der Waals surface area (Å²) in [7, 11) is 0. The molecule has 0 aliphatic rings. The summed E-state index contributed by atoms with van der Waals surface area (Å²) in [5.41, 5.74) is 0. The van der Waals surface area contributed by atoms with Crippen LogP contribution in [0.4, 0.5) is 0 Å². The minimum absolute atomic E-state index is 0. The fourth-order valence-corrected chi connectivity index (χ4v) is 0. The molecule has 0 bridgehead atoms. The molecule has 0 heterocycles. The van der Waals surface area contributed by atoms with Crippen LogP contribution in [0, 0.1) is 0 Å². The van der Waals surface area contributed by atoms with E-state index in [2.05, 4.69) is 0 Å². The SMILES string of the molecule is C.N.[AlH3].[Ni]. The van der Waals surface area contributed by atoms with Crippen LogP contribution in [0.25, 0.3) is 0 Å². The van der Waals surface area contributed by atoms with Crippen LogP contribution >= 0.6 is 0 Å². The van der Waals surface area contributed by atoms with Gasteiger partial charge in [-0.1, -0.05) is 7.43 Å². The molecule has 0 fully saturated rings. The van der Waals surface area contributed by atoms with Gasteiger partial charge in [0.05, 0.1) is 0 Å². The standard InChI is InChI=1S/CH4.Al.H3N.Ni.3H/h1H4;;1H3;;;;. The number of hydrogen-bond acceptors (Lipinski definition) is 1. The summed E-state index contributed by atoms with van der Waals surface area (Å²) < 4.78 is 0. The summed E-state index contributed by atoms with van der Waals surface area (Å²) in [6, 6.07) is 0. The van der Waals surface area contributed by atoms with Gasteiger partial charge in [-0.25, -0.2) is 0 Å². The van der Waals surface area contributed by atoms with Crippen LogP contribution in [0.15, 0.2) is 0 Å². The molecule has 0 radical (unpaired) electrons. The molecule has 0 atom stereocenters. The molecule has 1 nitrogen and oxygen atoms in total. The van der Waals surface area contributed by atoms with Gasteiger partial charge in [0.15, 0.2) is 17.4 Å². The maximum absolute atomic E-state index is 0. The molecule has 3 N–H and O–H groups in total. The number of rotatable bonds is 0. The summed E-state index contributed by atoms with van der Waals surface area (Å²) in [6.45, 7) is 0. The van der Waals surface area contributed by atoms with E-state index in [0.29, 0.717) is 0 Å². The van der Waals surface area contributed by atoms with Crippen LogP contribution in [0.5, 0.6) is 0 Å². The Morgan fingerprint density at radius 3 is 1.00 bits per heavy atom. The van der Waals surface area contributed by atoms with Gasteiger partial charge in [-0.05, 0) is 0 Å². The third kappa shape index (κ3) is 12.1. The van der Waals surface area contributed by atoms with Crippen molar-refractivity contribution in [2.75, 3.05) is 0 Å². The maximum Gasteiger partial charge on any atom is 0.187 e. The average molecular weight is 122 g/mol. The van der Waals surface area contributed by atoms with Crippen molar-refractivity contribution in [3.8, 4) is 0 Å². The van der Waals surface area contributed by atoms with Crippen molar-refractivity contribution in [2.45, 2.75) is 7.43 Å². The molecule has 0 unspecified atom stereocenters. The van der Waals surface area contributed by atoms with Crippen molar-refractivity contribution in [1.82, 2.24) is 6.15 Å². The zero-order valence-corrected chi connectivity index (χ0v) is 2.01. The molecule has 0 aromatic carbocycles. The minimum Gasteiger partial charge on any atom is -0.344 e. The molecule has 0 rings (SSSR count). The first-order valence-corrected chi connectivity index (χ1v) is 0. The Morgan fingerprint density at radius 2 is 1.00 bits per heavy atom. The van der Waals surface area contributed by atoms with Crippen LogP contribution in [0.2, 0.25) is 0 Å². The van der Waals surface area contributed by atoms with Gasteiger partial charge in [-0.15, -0.1) is 0 Å². The molecule has 0 aromatic heterocycles. The van der Waals surface area contributed by atoms with Crippen LogP contribution in [-0.4, -0.2) is 17.4 Å². The first-order valence-electron chi connectivity index (χ1n) is 0. The van der Waals surface area contributed by atoms with Gasteiger partial charge < -0.3 is 6.15 Å².